The maximum Gasteiger partial charge on any atom is 0.397 e. The predicted octanol–water partition coefficient (Wildman–Crippen LogP) is -1.30. The van der Waals surface area contributed by atoms with E-state index < -0.39 is 203 Å². The van der Waals surface area contributed by atoms with Crippen LogP contribution in [0.2, 0.25) is 0 Å². The number of fused-ring (bicyclic) bond motifs is 4. The van der Waals surface area contributed by atoms with E-state index in [4.69, 9.17) is 51.6 Å². The molecule has 0 aromatic carbocycles. The average Bonchev–Trinajstić information content (AvgIpc) is 1.70. The molecule has 0 radical (unpaired) electrons. The maximum atomic E-state index is 14.4. The van der Waals surface area contributed by atoms with Gasteiger partial charge in [-0.25, -0.2) is 8.37 Å². The zero-order chi connectivity index (χ0) is 62.6. The van der Waals surface area contributed by atoms with Crippen molar-refractivity contribution >= 4 is 38.3 Å². The number of aliphatic hydroxyl groups excluding tert-OH is 8. The number of rotatable bonds is 19. The van der Waals surface area contributed by atoms with Crippen molar-refractivity contribution in [3.8, 4) is 0 Å². The minimum absolute atomic E-state index is 0.0436. The molecule has 8 fully saturated rings. The van der Waals surface area contributed by atoms with Gasteiger partial charge in [0, 0.05) is 31.8 Å². The van der Waals surface area contributed by atoms with Crippen molar-refractivity contribution in [1.29, 1.82) is 0 Å². The molecular formula is C54H84O29S2. The molecule has 486 valence electrons. The summed E-state index contributed by atoms with van der Waals surface area (Å²) in [5, 5.41) is 89.5. The van der Waals surface area contributed by atoms with Crippen LogP contribution in [0.3, 0.4) is 0 Å². The molecule has 85 heavy (non-hydrogen) atoms. The number of hydrogen-bond donors (Lipinski definition) is 10. The van der Waals surface area contributed by atoms with E-state index in [1.54, 1.807) is 6.92 Å². The lowest BCUT2D eigenvalue weighted by Crippen LogP contribution is -2.67. The molecule has 4 aliphatic carbocycles. The fourth-order valence-electron chi connectivity index (χ4n) is 16.3. The summed E-state index contributed by atoms with van der Waals surface area (Å²) in [6.45, 7) is 12.5. The van der Waals surface area contributed by atoms with E-state index in [9.17, 15) is 81.2 Å². The van der Waals surface area contributed by atoms with E-state index in [-0.39, 0.29) is 42.2 Å². The van der Waals surface area contributed by atoms with Crippen molar-refractivity contribution in [1.82, 2.24) is 0 Å². The maximum absolute atomic E-state index is 14.4. The van der Waals surface area contributed by atoms with Crippen LogP contribution in [0.4, 0.5) is 0 Å². The highest BCUT2D eigenvalue weighted by Gasteiger charge is 2.79. The number of hydrogen-bond acceptors (Lipinski definition) is 27. The summed E-state index contributed by atoms with van der Waals surface area (Å²) in [5.74, 6) is -1.46. The first-order valence-corrected chi connectivity index (χ1v) is 31.6. The summed E-state index contributed by atoms with van der Waals surface area (Å²) < 4.78 is 135. The molecule has 0 amide bonds. The second-order valence-electron chi connectivity index (χ2n) is 26.3. The van der Waals surface area contributed by atoms with Crippen LogP contribution in [0.5, 0.6) is 0 Å². The zero-order valence-electron chi connectivity index (χ0n) is 48.8. The Bertz CT molecular complexity index is 2730. The third-order valence-electron chi connectivity index (χ3n) is 20.2. The molecular weight excluding hydrogens is 1180 g/mol. The largest absolute Gasteiger partial charge is 0.458 e. The Morgan fingerprint density at radius 1 is 0.729 bits per heavy atom. The van der Waals surface area contributed by atoms with Crippen molar-refractivity contribution < 1.29 is 137 Å². The third-order valence-corrected chi connectivity index (χ3v) is 21.1. The van der Waals surface area contributed by atoms with Gasteiger partial charge in [0.25, 0.3) is 0 Å². The first-order chi connectivity index (χ1) is 39.5. The Balaban J connectivity index is 0.919. The van der Waals surface area contributed by atoms with Crippen LogP contribution in [-0.2, 0) is 90.9 Å². The standard InChI is InChI=1S/C54H84O29S2/c1-22(2)16-24(56)17-53(8)44-27(57)18-52(7)26-10-11-31-50(4,5)32(13-14-51(31,6)25(26)12-15-54(44,52)49(65)82-53)78-48-43(35(60)30(20-73-48)83-85(69,70)71)81-45-37(62)36(61)40(23(3)75-45)79-47-39(64)42(34(59)29(77-47)21-74-84(66,67)68)80-46-38(63)41(72-9)33(58)28(19-55)76-46/h10,22-23,25,28-48,55,58-64H,11-21H2,1-9H3,(H,66,67,68)(H,69,70,71)/t23-,25-,28-,29-,30-,31+,32+,33-,34-,35+,36-,37-,38-,39-,40-,41+,42+,43-,44-,45+,46+,47+,48+,51-,52+,53+,54-/m1/s1. The molecule has 5 saturated heterocycles. The summed E-state index contributed by atoms with van der Waals surface area (Å²) in [7, 11) is -9.29. The van der Waals surface area contributed by atoms with Crippen LogP contribution in [-0.4, -0.2) is 240 Å². The SMILES string of the molecule is CO[C@@H]1[C@@H](O)[C@H](O[C@@H]2[C@@H](O)[C@H](O[C@H]3[C@H](O)[C@@H](O)[C@H](O[C@H]4[C@H](O[C@H]5CC[C@]6(C)[C@@H]7CC[C@]89C(=O)O[C@@](C)(CC(=O)CC(C)C)[C@H]8C(=O)C[C@@]9(C)C7=CC[C@H]6C5(C)C)OC[C@@H](OS(=O)(=O)O)[C@@H]4O)O[C@@H]3C)O[C@H](COS(=O)(=O)O)[C@H]2O)O[C@H](CO)[C@H]1O. The summed E-state index contributed by atoms with van der Waals surface area (Å²) in [6, 6.07) is 0. The molecule has 0 bridgehead atoms. The van der Waals surface area contributed by atoms with Gasteiger partial charge in [0.2, 0.25) is 0 Å². The van der Waals surface area contributed by atoms with E-state index in [1.165, 1.54) is 6.92 Å². The van der Waals surface area contributed by atoms with Gasteiger partial charge in [-0.2, -0.15) is 16.8 Å². The first kappa shape index (κ1) is 67.0. The van der Waals surface area contributed by atoms with Gasteiger partial charge in [-0.15, -0.1) is 0 Å². The topological polar surface area (TPSA) is 433 Å². The number of cyclic esters (lactones) is 1. The number of Topliss-reactive ketones (excluding diaryl/α,β-unsaturated/α-hetero) is 2. The monoisotopic (exact) mass is 1260 g/mol. The molecule has 0 aromatic rings. The smallest absolute Gasteiger partial charge is 0.397 e. The number of carbonyl (C=O) groups excluding carboxylic acids is 3. The Kier molecular flexibility index (Phi) is 19.2. The van der Waals surface area contributed by atoms with Crippen LogP contribution in [0, 0.1) is 45.3 Å². The van der Waals surface area contributed by atoms with Gasteiger partial charge in [-0.1, -0.05) is 53.2 Å². The zero-order valence-corrected chi connectivity index (χ0v) is 50.4. The average molecular weight is 1260 g/mol. The van der Waals surface area contributed by atoms with Gasteiger partial charge >= 0.3 is 26.8 Å². The van der Waals surface area contributed by atoms with Crippen LogP contribution in [0.25, 0.3) is 0 Å². The van der Waals surface area contributed by atoms with Gasteiger partial charge < -0.3 is 88.2 Å². The van der Waals surface area contributed by atoms with E-state index in [1.807, 2.05) is 34.6 Å². The molecule has 0 unspecified atom stereocenters. The van der Waals surface area contributed by atoms with E-state index in [0.717, 1.165) is 12.7 Å². The van der Waals surface area contributed by atoms with Crippen LogP contribution in [0.15, 0.2) is 11.6 Å². The van der Waals surface area contributed by atoms with Crippen molar-refractivity contribution in [3.05, 3.63) is 11.6 Å². The number of methoxy groups -OCH3 is 1. The molecule has 1 spiro atoms. The lowest BCUT2D eigenvalue weighted by Gasteiger charge is -2.63. The van der Waals surface area contributed by atoms with Gasteiger partial charge in [-0.05, 0) is 74.5 Å². The summed E-state index contributed by atoms with van der Waals surface area (Å²) in [5.41, 5.74) is -3.37. The Morgan fingerprint density at radius 2 is 1.34 bits per heavy atom. The van der Waals surface area contributed by atoms with Crippen LogP contribution >= 0.6 is 0 Å². The number of ketones is 2. The van der Waals surface area contributed by atoms with E-state index in [0.29, 0.717) is 38.5 Å². The minimum Gasteiger partial charge on any atom is -0.458 e. The molecule has 5 aliphatic heterocycles. The molecule has 9 rings (SSSR count). The third kappa shape index (κ3) is 12.1. The number of allylic oxidation sites excluding steroid dienone is 2. The van der Waals surface area contributed by atoms with E-state index >= 15 is 0 Å². The second kappa shape index (κ2) is 24.3. The number of esters is 1. The van der Waals surface area contributed by atoms with Crippen molar-refractivity contribution in [2.24, 2.45) is 45.3 Å². The first-order valence-electron chi connectivity index (χ1n) is 28.8. The highest BCUT2D eigenvalue weighted by atomic mass is 32.3. The number of ether oxygens (including phenoxy) is 10. The molecule has 10 N–H and O–H groups in total. The number of aliphatic hydroxyl groups is 8. The fourth-order valence-corrected chi connectivity index (χ4v) is 17.1. The molecule has 29 nitrogen and oxygen atoms in total. The molecule has 31 heteroatoms. The Labute approximate surface area is 492 Å². The Hall–Kier alpha value is -2.39. The summed E-state index contributed by atoms with van der Waals surface area (Å²) in [4.78, 5) is 42.0. The summed E-state index contributed by atoms with van der Waals surface area (Å²) in [6.07, 6.45) is -30.4. The quantitative estimate of drug-likeness (QED) is 0.0408. The van der Waals surface area contributed by atoms with Crippen molar-refractivity contribution in [2.45, 2.75) is 235 Å². The lowest BCUT2D eigenvalue weighted by molar-refractivity contribution is -0.389. The van der Waals surface area contributed by atoms with Gasteiger partial charge in [0.1, 0.15) is 103 Å². The highest BCUT2D eigenvalue weighted by Crippen LogP contribution is 2.75. The molecule has 27 atom stereocenters. The van der Waals surface area contributed by atoms with E-state index in [2.05, 4.69) is 17.2 Å². The van der Waals surface area contributed by atoms with Gasteiger partial charge in [0.15, 0.2) is 25.2 Å². The van der Waals surface area contributed by atoms with Crippen LogP contribution < -0.4 is 0 Å². The highest BCUT2D eigenvalue weighted by molar-refractivity contribution is 7.81. The molecule has 0 aromatic heterocycles. The van der Waals surface area contributed by atoms with Gasteiger partial charge in [-0.3, -0.25) is 23.5 Å². The number of carbonyl (C=O) groups is 3. The lowest BCUT2D eigenvalue weighted by atomic mass is 9.41. The fraction of sp³-hybridized carbons (Fsp3) is 0.907. The molecule has 3 saturated carbocycles. The second-order valence-corrected chi connectivity index (χ2v) is 28.5. The molecule has 9 aliphatic rings. The summed E-state index contributed by atoms with van der Waals surface area (Å²) >= 11 is 0. The minimum atomic E-state index is -5.23. The van der Waals surface area contributed by atoms with Crippen molar-refractivity contribution in [3.63, 3.8) is 0 Å². The molecule has 5 heterocycles. The van der Waals surface area contributed by atoms with Crippen molar-refractivity contribution in [2.75, 3.05) is 26.9 Å². The van der Waals surface area contributed by atoms with Gasteiger partial charge in [0.05, 0.1) is 43.4 Å². The Morgan fingerprint density at radius 3 is 1.96 bits per heavy atom. The normalized spacial score (nSPS) is 48.2. The predicted molar refractivity (Wildman–Crippen MR) is 282 cm³/mol. The van der Waals surface area contributed by atoms with Crippen LogP contribution in [0.1, 0.15) is 107 Å².